The van der Waals surface area contributed by atoms with E-state index in [1.165, 1.54) is 92.4 Å². The summed E-state index contributed by atoms with van der Waals surface area (Å²) in [6, 6.07) is 0. The fourth-order valence-corrected chi connectivity index (χ4v) is 5.20. The number of rotatable bonds is 8. The Balaban J connectivity index is -0.000000160. The molecule has 4 heterocycles. The molecule has 0 radical (unpaired) electrons. The van der Waals surface area contributed by atoms with Crippen LogP contribution in [-0.2, 0) is 51.2 Å². The van der Waals surface area contributed by atoms with Crippen LogP contribution in [0.25, 0.3) is 65.5 Å². The molecule has 0 amide bonds. The van der Waals surface area contributed by atoms with Gasteiger partial charge in [0.1, 0.15) is 0 Å². The molecule has 0 bridgehead atoms. The summed E-state index contributed by atoms with van der Waals surface area (Å²) in [5.41, 5.74) is 28.5. The van der Waals surface area contributed by atoms with Crippen molar-refractivity contribution >= 4 is 0 Å². The van der Waals surface area contributed by atoms with Gasteiger partial charge in [-0.05, 0) is 30.6 Å². The van der Waals surface area contributed by atoms with Gasteiger partial charge in [0.15, 0.2) is 0 Å². The van der Waals surface area contributed by atoms with E-state index in [1.54, 1.807) is 0 Å². The van der Waals surface area contributed by atoms with Crippen LogP contribution in [-0.4, -0.2) is 45.8 Å². The molecular weight excluding hydrogens is 648 g/mol. The van der Waals surface area contributed by atoms with E-state index < -0.39 is 0 Å². The minimum Gasteiger partial charge on any atom is -0.693 e. The van der Waals surface area contributed by atoms with Crippen molar-refractivity contribution in [3.8, 4) is 0 Å². The van der Waals surface area contributed by atoms with Crippen molar-refractivity contribution in [1.29, 1.82) is 0 Å². The number of hydrogen-bond acceptors (Lipinski definition) is 0. The van der Waals surface area contributed by atoms with E-state index in [-0.39, 0.29) is 63.5 Å². The smallest absolute Gasteiger partial charge is 0.693 e. The van der Waals surface area contributed by atoms with E-state index in [9.17, 15) is 0 Å². The third-order valence-electron chi connectivity index (χ3n) is 7.33. The number of hydrogen-bond donors (Lipinski definition) is 0. The Bertz CT molecular complexity index is 637. The Kier molecular flexibility index (Phi) is 45.4. The Hall–Kier alpha value is -0.742. The van der Waals surface area contributed by atoms with Crippen LogP contribution in [0.3, 0.4) is 0 Å². The first-order valence-corrected chi connectivity index (χ1v) is 13.6. The van der Waals surface area contributed by atoms with E-state index in [2.05, 4.69) is 33.4 Å². The van der Waals surface area contributed by atoms with Crippen LogP contribution in [0.1, 0.15) is 77.0 Å². The van der Waals surface area contributed by atoms with Crippen LogP contribution in [0.4, 0.5) is 0 Å². The van der Waals surface area contributed by atoms with Gasteiger partial charge in [0.25, 0.3) is 0 Å². The summed E-state index contributed by atoms with van der Waals surface area (Å²) in [5.74, 6) is 2.94. The zero-order valence-corrected chi connectivity index (χ0v) is 27.4. The molecule has 15 heteroatoms. The van der Waals surface area contributed by atoms with Gasteiger partial charge in [0.2, 0.25) is 0 Å². The minimum atomic E-state index is 0. The third-order valence-corrected chi connectivity index (χ3v) is 7.33. The van der Waals surface area contributed by atoms with Crippen LogP contribution < -0.4 is 0 Å². The summed E-state index contributed by atoms with van der Waals surface area (Å²) in [6.07, 6.45) is 22.8. The van der Waals surface area contributed by atoms with E-state index in [4.69, 9.17) is 22.1 Å². The summed E-state index contributed by atoms with van der Waals surface area (Å²) in [7, 11) is 0. The average Bonchev–Trinajstić information content (AvgIpc) is 2.93. The number of piperidine rings is 3. The zero-order valence-electron chi connectivity index (χ0n) is 24.1. The summed E-state index contributed by atoms with van der Waals surface area (Å²) < 4.78 is 0. The SMILES string of the molecule is C(CC1CC[N-]CC1)CC1CC[N-]CC1.C1=CC(CCCC2CC[N-]CC2)=CC[N-]1.[Fe+6].[Fe].[Fe].[N-]=[N+]=[N-].[N-]=[N+]=[N-].[NH2-].[NH2-]. The molecule has 0 saturated carbocycles. The Morgan fingerprint density at radius 1 is 0.634 bits per heavy atom. The molecule has 0 unspecified atom stereocenters. The Morgan fingerprint density at radius 3 is 1.29 bits per heavy atom. The fraction of sp³-hybridized carbons (Fsp3) is 0.846. The predicted molar refractivity (Wildman–Crippen MR) is 161 cm³/mol. The van der Waals surface area contributed by atoms with Gasteiger partial charge in [0, 0.05) is 34.1 Å². The molecule has 0 aromatic carbocycles. The van der Waals surface area contributed by atoms with E-state index in [0.717, 1.165) is 63.6 Å². The molecule has 0 aromatic rings. The molecule has 0 spiro atoms. The minimum absolute atomic E-state index is 0. The van der Waals surface area contributed by atoms with Crippen LogP contribution >= 0.6 is 0 Å². The molecule has 3 saturated heterocycles. The normalized spacial score (nSPS) is 17.9. The Morgan fingerprint density at radius 2 is 0.976 bits per heavy atom. The second-order valence-corrected chi connectivity index (χ2v) is 9.80. The molecule has 0 aliphatic carbocycles. The van der Waals surface area contributed by atoms with Gasteiger partial charge in [-0.1, -0.05) is 81.9 Å². The van der Waals surface area contributed by atoms with Crippen LogP contribution in [0.15, 0.2) is 23.9 Å². The second-order valence-electron chi connectivity index (χ2n) is 9.80. The molecule has 0 atom stereocenters. The number of allylic oxidation sites excluding steroid dienone is 2. The summed E-state index contributed by atoms with van der Waals surface area (Å²) in [5, 5.41) is 17.4. The summed E-state index contributed by atoms with van der Waals surface area (Å²) in [6.45, 7) is 7.62. The van der Waals surface area contributed by atoms with Gasteiger partial charge in [-0.3, -0.25) is 9.82 Å². The van der Waals surface area contributed by atoms with Gasteiger partial charge in [-0.25, -0.2) is 0 Å². The molecule has 238 valence electrons. The number of nitrogens with zero attached hydrogens (tertiary/aromatic N) is 10. The number of nitrogens with two attached hydrogens (primary N) is 2. The van der Waals surface area contributed by atoms with Gasteiger partial charge in [0.05, 0.1) is 0 Å². The Labute approximate surface area is 280 Å². The summed E-state index contributed by atoms with van der Waals surface area (Å²) >= 11 is 0. The molecule has 12 nitrogen and oxygen atoms in total. The van der Waals surface area contributed by atoms with Crippen molar-refractivity contribution in [2.75, 3.05) is 45.8 Å². The topological polar surface area (TPSA) is 241 Å². The van der Waals surface area contributed by atoms with Crippen molar-refractivity contribution < 1.29 is 51.2 Å². The van der Waals surface area contributed by atoms with Gasteiger partial charge in [-0.15, -0.1) is 45.8 Å². The second kappa shape index (κ2) is 37.3. The molecule has 41 heavy (non-hydrogen) atoms. The van der Waals surface area contributed by atoms with E-state index in [0.29, 0.717) is 0 Å². The third kappa shape index (κ3) is 29.1. The maximum absolute atomic E-state index is 6.75. The first-order chi connectivity index (χ1) is 17.7. The van der Waals surface area contributed by atoms with Crippen molar-refractivity contribution in [3.05, 3.63) is 89.4 Å². The van der Waals surface area contributed by atoms with Crippen LogP contribution in [0.2, 0.25) is 0 Å². The molecule has 4 aliphatic heterocycles. The van der Waals surface area contributed by atoms with Gasteiger partial charge < -0.3 is 55.7 Å². The fourth-order valence-electron chi connectivity index (χ4n) is 5.20. The molecule has 4 rings (SSSR count). The largest absolute Gasteiger partial charge is 6.00 e. The van der Waals surface area contributed by atoms with Gasteiger partial charge >= 0.3 is 17.1 Å². The van der Waals surface area contributed by atoms with Crippen molar-refractivity contribution in [3.63, 3.8) is 0 Å². The first kappa shape index (κ1) is 49.9. The first-order valence-electron chi connectivity index (χ1n) is 13.6. The van der Waals surface area contributed by atoms with Crippen LogP contribution in [0.5, 0.6) is 0 Å². The predicted octanol–water partition coefficient (Wildman–Crippen LogP) is 10.7. The molecular formula is C26H48Fe3N12-2. The van der Waals surface area contributed by atoms with Gasteiger partial charge in [-0.2, -0.15) is 6.20 Å². The quantitative estimate of drug-likeness (QED) is 0.0995. The summed E-state index contributed by atoms with van der Waals surface area (Å²) in [4.78, 5) is 3.00. The van der Waals surface area contributed by atoms with Crippen molar-refractivity contribution in [2.45, 2.75) is 77.0 Å². The molecule has 4 N–H and O–H groups in total. The molecule has 0 aromatic heterocycles. The maximum Gasteiger partial charge on any atom is 6.00 e. The molecule has 4 aliphatic rings. The van der Waals surface area contributed by atoms with Crippen LogP contribution in [0, 0.1) is 17.8 Å². The van der Waals surface area contributed by atoms with Crippen molar-refractivity contribution in [2.24, 2.45) is 17.8 Å². The van der Waals surface area contributed by atoms with Crippen molar-refractivity contribution in [1.82, 2.24) is 0 Å². The maximum atomic E-state index is 6.75. The average molecular weight is 696 g/mol. The molecule has 3 fully saturated rings. The standard InChI is InChI=1S/C13H24N2.C13H20N2.3Fe.2N3.2H2N/c2*1(2-12-4-8-14-9-5-12)3-13-6-10-15-11-7-13;;;;2*1-3-2;;/h12-13H,1-11H2;4-5,8,13H,1-3,6-7,9-11H2;;;;;;2*1H2/q2*-2;;;+6;4*-1. The zero-order chi connectivity index (χ0) is 26.1. The monoisotopic (exact) mass is 696 g/mol. The van der Waals surface area contributed by atoms with E-state index in [1.807, 2.05) is 6.20 Å². The van der Waals surface area contributed by atoms with E-state index >= 15 is 0 Å².